The minimum atomic E-state index is -0.880. The molecule has 2 saturated heterocycles. The van der Waals surface area contributed by atoms with Gasteiger partial charge >= 0.3 is 5.97 Å². The lowest BCUT2D eigenvalue weighted by Crippen LogP contribution is -2.58. The van der Waals surface area contributed by atoms with E-state index in [0.717, 1.165) is 25.8 Å². The van der Waals surface area contributed by atoms with Crippen LogP contribution in [0.2, 0.25) is 0 Å². The summed E-state index contributed by atoms with van der Waals surface area (Å²) in [6.07, 6.45) is 3.44. The molecule has 0 aromatic rings. The van der Waals surface area contributed by atoms with E-state index in [1.54, 1.807) is 4.90 Å². The summed E-state index contributed by atoms with van der Waals surface area (Å²) in [5.74, 6) is -0.918. The van der Waals surface area contributed by atoms with Gasteiger partial charge in [-0.1, -0.05) is 13.8 Å². The number of likely N-dealkylation sites (tertiary alicyclic amines) is 1. The van der Waals surface area contributed by atoms with Gasteiger partial charge in [0.25, 0.3) is 0 Å². The van der Waals surface area contributed by atoms with Crippen molar-refractivity contribution in [3.8, 4) is 0 Å². The molecular weight excluding hydrogens is 232 g/mol. The van der Waals surface area contributed by atoms with Crippen molar-refractivity contribution in [1.29, 1.82) is 0 Å². The highest BCUT2D eigenvalue weighted by Gasteiger charge is 2.43. The molecule has 0 aromatic carbocycles. The minimum Gasteiger partial charge on any atom is -0.480 e. The first kappa shape index (κ1) is 13.3. The zero-order chi connectivity index (χ0) is 13.3. The van der Waals surface area contributed by atoms with Gasteiger partial charge in [-0.2, -0.15) is 0 Å². The number of aliphatic carboxylic acids is 1. The van der Waals surface area contributed by atoms with Crippen LogP contribution in [0.25, 0.3) is 0 Å². The van der Waals surface area contributed by atoms with Crippen molar-refractivity contribution >= 4 is 11.9 Å². The molecule has 0 saturated carbocycles. The molecule has 0 bridgehead atoms. The summed E-state index contributed by atoms with van der Waals surface area (Å²) in [5.41, 5.74) is -0.0963. The Balaban J connectivity index is 2.12. The van der Waals surface area contributed by atoms with Crippen LogP contribution in [0.4, 0.5) is 0 Å². The molecule has 2 heterocycles. The smallest absolute Gasteiger partial charge is 0.326 e. The lowest BCUT2D eigenvalue weighted by Gasteiger charge is -2.40. The first-order chi connectivity index (χ1) is 8.43. The maximum absolute atomic E-state index is 12.5. The van der Waals surface area contributed by atoms with E-state index in [1.165, 1.54) is 0 Å². The van der Waals surface area contributed by atoms with Gasteiger partial charge in [-0.25, -0.2) is 4.79 Å². The molecule has 0 spiro atoms. The van der Waals surface area contributed by atoms with Crippen LogP contribution in [0.15, 0.2) is 0 Å². The van der Waals surface area contributed by atoms with Crippen molar-refractivity contribution in [2.45, 2.75) is 51.6 Å². The van der Waals surface area contributed by atoms with E-state index in [9.17, 15) is 9.59 Å². The van der Waals surface area contributed by atoms with Gasteiger partial charge in [-0.05, 0) is 37.6 Å². The maximum atomic E-state index is 12.5. The van der Waals surface area contributed by atoms with Crippen molar-refractivity contribution in [1.82, 2.24) is 10.2 Å². The molecule has 5 heteroatoms. The van der Waals surface area contributed by atoms with Crippen LogP contribution in [-0.4, -0.2) is 47.1 Å². The summed E-state index contributed by atoms with van der Waals surface area (Å²) in [5, 5.41) is 12.4. The van der Waals surface area contributed by atoms with E-state index in [1.807, 2.05) is 0 Å². The van der Waals surface area contributed by atoms with Crippen molar-refractivity contribution in [3.05, 3.63) is 0 Å². The normalized spacial score (nSPS) is 31.3. The van der Waals surface area contributed by atoms with E-state index in [0.29, 0.717) is 13.0 Å². The highest BCUT2D eigenvalue weighted by molar-refractivity contribution is 5.88. The van der Waals surface area contributed by atoms with Crippen LogP contribution in [0.1, 0.15) is 39.5 Å². The predicted octanol–water partition coefficient (Wildman–Crippen LogP) is 0.840. The molecule has 2 N–H and O–H groups in total. The third-order valence-electron chi connectivity index (χ3n) is 4.20. The SMILES string of the molecule is CC1(C)CCCNC1C(=O)N1CCC[C@H]1C(=O)O. The Kier molecular flexibility index (Phi) is 3.61. The summed E-state index contributed by atoms with van der Waals surface area (Å²) in [4.78, 5) is 25.2. The van der Waals surface area contributed by atoms with Crippen molar-refractivity contribution in [2.24, 2.45) is 5.41 Å². The predicted molar refractivity (Wildman–Crippen MR) is 67.2 cm³/mol. The minimum absolute atomic E-state index is 0.0374. The summed E-state index contributed by atoms with van der Waals surface area (Å²) >= 11 is 0. The second kappa shape index (κ2) is 4.88. The van der Waals surface area contributed by atoms with Gasteiger partial charge < -0.3 is 15.3 Å². The zero-order valence-electron chi connectivity index (χ0n) is 11.1. The molecule has 1 amide bonds. The molecule has 2 rings (SSSR count). The van der Waals surface area contributed by atoms with Crippen LogP contribution >= 0.6 is 0 Å². The van der Waals surface area contributed by atoms with Gasteiger partial charge in [-0.3, -0.25) is 4.79 Å². The lowest BCUT2D eigenvalue weighted by atomic mass is 9.77. The summed E-state index contributed by atoms with van der Waals surface area (Å²) in [6.45, 7) is 5.57. The van der Waals surface area contributed by atoms with Crippen LogP contribution < -0.4 is 5.32 Å². The molecule has 0 aliphatic carbocycles. The molecule has 2 fully saturated rings. The van der Waals surface area contributed by atoms with Gasteiger partial charge in [-0.15, -0.1) is 0 Å². The number of carboxylic acid groups (broad SMARTS) is 1. The van der Waals surface area contributed by atoms with Crippen LogP contribution in [0.5, 0.6) is 0 Å². The van der Waals surface area contributed by atoms with Crippen molar-refractivity contribution in [3.63, 3.8) is 0 Å². The molecule has 2 atom stereocenters. The van der Waals surface area contributed by atoms with Gasteiger partial charge in [0, 0.05) is 6.54 Å². The molecule has 0 radical (unpaired) electrons. The molecule has 2 aliphatic heterocycles. The summed E-state index contributed by atoms with van der Waals surface area (Å²) in [6, 6.07) is -0.872. The molecule has 18 heavy (non-hydrogen) atoms. The molecule has 0 aromatic heterocycles. The number of hydrogen-bond acceptors (Lipinski definition) is 3. The van der Waals surface area contributed by atoms with E-state index < -0.39 is 12.0 Å². The van der Waals surface area contributed by atoms with Crippen LogP contribution in [-0.2, 0) is 9.59 Å². The van der Waals surface area contributed by atoms with Crippen molar-refractivity contribution in [2.75, 3.05) is 13.1 Å². The maximum Gasteiger partial charge on any atom is 0.326 e. The summed E-state index contributed by atoms with van der Waals surface area (Å²) < 4.78 is 0. The Labute approximate surface area is 108 Å². The largest absolute Gasteiger partial charge is 0.480 e. The Hall–Kier alpha value is -1.10. The first-order valence-electron chi connectivity index (χ1n) is 6.70. The second-order valence-electron chi connectivity index (χ2n) is 6.01. The number of carbonyl (C=O) groups excluding carboxylic acids is 1. The monoisotopic (exact) mass is 254 g/mol. The number of hydrogen-bond donors (Lipinski definition) is 2. The average Bonchev–Trinajstić information content (AvgIpc) is 2.76. The third-order valence-corrected chi connectivity index (χ3v) is 4.20. The number of rotatable bonds is 2. The molecule has 5 nitrogen and oxygen atoms in total. The fraction of sp³-hybridized carbons (Fsp3) is 0.846. The molecule has 102 valence electrons. The lowest BCUT2D eigenvalue weighted by molar-refractivity contribution is -0.150. The fourth-order valence-electron chi connectivity index (χ4n) is 3.09. The van der Waals surface area contributed by atoms with Crippen LogP contribution in [0, 0.1) is 5.41 Å². The van der Waals surface area contributed by atoms with Crippen molar-refractivity contribution < 1.29 is 14.7 Å². The Morgan fingerprint density at radius 1 is 1.33 bits per heavy atom. The van der Waals surface area contributed by atoms with E-state index in [4.69, 9.17) is 5.11 Å². The third kappa shape index (κ3) is 2.36. The van der Waals surface area contributed by atoms with E-state index in [2.05, 4.69) is 19.2 Å². The van der Waals surface area contributed by atoms with E-state index >= 15 is 0 Å². The number of carbonyl (C=O) groups is 2. The van der Waals surface area contributed by atoms with Gasteiger partial charge in [0.15, 0.2) is 0 Å². The zero-order valence-corrected chi connectivity index (χ0v) is 11.1. The highest BCUT2D eigenvalue weighted by Crippen LogP contribution is 2.32. The Morgan fingerprint density at radius 2 is 2.06 bits per heavy atom. The highest BCUT2D eigenvalue weighted by atomic mass is 16.4. The Bertz CT molecular complexity index is 354. The quantitative estimate of drug-likeness (QED) is 0.766. The molecule has 2 aliphatic rings. The summed E-state index contributed by atoms with van der Waals surface area (Å²) in [7, 11) is 0. The topological polar surface area (TPSA) is 69.6 Å². The molecule has 1 unspecified atom stereocenters. The number of piperidine rings is 1. The van der Waals surface area contributed by atoms with Gasteiger partial charge in [0.2, 0.25) is 5.91 Å². The average molecular weight is 254 g/mol. The number of amides is 1. The second-order valence-corrected chi connectivity index (χ2v) is 6.01. The van der Waals surface area contributed by atoms with Gasteiger partial charge in [0.1, 0.15) is 6.04 Å². The van der Waals surface area contributed by atoms with E-state index in [-0.39, 0.29) is 17.4 Å². The Morgan fingerprint density at radius 3 is 2.67 bits per heavy atom. The number of nitrogens with one attached hydrogen (secondary N) is 1. The van der Waals surface area contributed by atoms with Crippen LogP contribution in [0.3, 0.4) is 0 Å². The first-order valence-corrected chi connectivity index (χ1v) is 6.70. The fourth-order valence-corrected chi connectivity index (χ4v) is 3.09. The number of carboxylic acids is 1. The number of nitrogens with zero attached hydrogens (tertiary/aromatic N) is 1. The molecular formula is C13H22N2O3. The standard InChI is InChI=1S/C13H22N2O3/c1-13(2)6-4-7-14-10(13)11(16)15-8-3-5-9(15)12(17)18/h9-10,14H,3-8H2,1-2H3,(H,17,18)/t9-,10?/m0/s1. The van der Waals surface area contributed by atoms with Gasteiger partial charge in [0.05, 0.1) is 6.04 Å².